The second-order valence-electron chi connectivity index (χ2n) is 7.39. The lowest BCUT2D eigenvalue weighted by atomic mass is 10.0. The highest BCUT2D eigenvalue weighted by Gasteiger charge is 2.44. The molecule has 0 saturated carbocycles. The number of anilines is 1. The smallest absolute Gasteiger partial charge is 0.345 e. The Hall–Kier alpha value is -2.75. The molecule has 0 aliphatic heterocycles. The number of hydrogen-bond donors (Lipinski definition) is 5. The molecule has 0 aliphatic rings. The Labute approximate surface area is 197 Å². The molecular formula is C21H19N3O7P2S. The van der Waals surface area contributed by atoms with E-state index in [9.17, 15) is 33.5 Å². The van der Waals surface area contributed by atoms with Crippen molar-refractivity contribution in [3.8, 4) is 11.4 Å². The third-order valence-electron chi connectivity index (χ3n) is 4.85. The minimum atomic E-state index is -5.23. The zero-order valence-corrected chi connectivity index (χ0v) is 20.0. The highest BCUT2D eigenvalue weighted by Crippen LogP contribution is 2.59. The molecule has 0 spiro atoms. The maximum absolute atomic E-state index is 12.6. The molecule has 0 fully saturated rings. The summed E-state index contributed by atoms with van der Waals surface area (Å²) in [6.07, 6.45) is 0.141. The molecule has 176 valence electrons. The number of nitrogens with one attached hydrogen (secondary N) is 1. The van der Waals surface area contributed by atoms with Crippen LogP contribution in [-0.2, 0) is 15.6 Å². The van der Waals surface area contributed by atoms with Crippen molar-refractivity contribution in [2.45, 2.75) is 11.9 Å². The average molecular weight is 519 g/mol. The van der Waals surface area contributed by atoms with Crippen LogP contribution in [0.15, 0.2) is 66.0 Å². The van der Waals surface area contributed by atoms with Crippen molar-refractivity contribution in [2.24, 2.45) is 0 Å². The summed E-state index contributed by atoms with van der Waals surface area (Å²) < 4.78 is 23.9. The standard InChI is InChI=1S/C21H19N3O7P2S/c25-17(14-6-2-1-3-7-14)12-13-5-4-8-15(11-13)19-22-16-9-10-34-18(16)20(23-19)24-21(32(26,27)28)33(29,30)31/h1-11,21H,12H2,(H,22,23,24)(H2,26,27,28)(H2,29,30,31). The molecule has 13 heteroatoms. The summed E-state index contributed by atoms with van der Waals surface area (Å²) in [6.45, 7) is 0. The Balaban J connectivity index is 1.71. The van der Waals surface area contributed by atoms with E-state index in [-0.39, 0.29) is 23.8 Å². The van der Waals surface area contributed by atoms with Crippen LogP contribution in [-0.4, -0.2) is 40.8 Å². The number of hydrogen-bond acceptors (Lipinski definition) is 7. The lowest BCUT2D eigenvalue weighted by Crippen LogP contribution is -2.21. The highest BCUT2D eigenvalue weighted by atomic mass is 32.1. The predicted molar refractivity (Wildman–Crippen MR) is 129 cm³/mol. The molecule has 10 nitrogen and oxygen atoms in total. The molecule has 0 unspecified atom stereocenters. The van der Waals surface area contributed by atoms with Crippen molar-refractivity contribution in [3.05, 3.63) is 77.2 Å². The molecule has 2 aromatic carbocycles. The van der Waals surface area contributed by atoms with Gasteiger partial charge in [-0.1, -0.05) is 48.5 Å². The summed E-state index contributed by atoms with van der Waals surface area (Å²) in [5, 5.41) is 3.92. The van der Waals surface area contributed by atoms with Crippen LogP contribution in [0.2, 0.25) is 0 Å². The van der Waals surface area contributed by atoms with E-state index in [1.165, 1.54) is 0 Å². The second kappa shape index (κ2) is 9.48. The molecule has 4 rings (SSSR count). The third-order valence-corrected chi connectivity index (χ3v) is 9.10. The summed E-state index contributed by atoms with van der Waals surface area (Å²) in [6, 6.07) is 17.4. The topological polar surface area (TPSA) is 170 Å². The lowest BCUT2D eigenvalue weighted by Gasteiger charge is -2.21. The van der Waals surface area contributed by atoms with Crippen molar-refractivity contribution >= 4 is 48.3 Å². The summed E-state index contributed by atoms with van der Waals surface area (Å²) >= 11 is 1.15. The summed E-state index contributed by atoms with van der Waals surface area (Å²) in [5.74, 6) is -0.0181. The van der Waals surface area contributed by atoms with Gasteiger partial charge in [-0.05, 0) is 23.1 Å². The van der Waals surface area contributed by atoms with E-state index < -0.39 is 20.7 Å². The minimum absolute atomic E-state index is 0.0690. The summed E-state index contributed by atoms with van der Waals surface area (Å²) in [7, 11) is -10.5. The van der Waals surface area contributed by atoms with E-state index in [1.54, 1.807) is 60.0 Å². The van der Waals surface area contributed by atoms with E-state index in [4.69, 9.17) is 0 Å². The average Bonchev–Trinajstić information content (AvgIpc) is 3.25. The molecule has 0 atom stereocenters. The van der Waals surface area contributed by atoms with Crippen LogP contribution in [0.4, 0.5) is 5.82 Å². The van der Waals surface area contributed by atoms with Crippen molar-refractivity contribution in [2.75, 3.05) is 5.32 Å². The number of carbonyl (C=O) groups excluding carboxylic acids is 1. The number of carbonyl (C=O) groups is 1. The molecule has 0 aliphatic carbocycles. The van der Waals surface area contributed by atoms with Crippen LogP contribution in [0, 0.1) is 0 Å². The van der Waals surface area contributed by atoms with E-state index in [2.05, 4.69) is 15.3 Å². The van der Waals surface area contributed by atoms with Gasteiger partial charge in [0, 0.05) is 17.5 Å². The second-order valence-corrected chi connectivity index (χ2v) is 12.1. The molecule has 34 heavy (non-hydrogen) atoms. The van der Waals surface area contributed by atoms with E-state index >= 15 is 0 Å². The first-order chi connectivity index (χ1) is 16.0. The molecule has 0 amide bonds. The van der Waals surface area contributed by atoms with E-state index in [1.807, 2.05) is 6.07 Å². The van der Waals surface area contributed by atoms with Crippen LogP contribution in [0.1, 0.15) is 15.9 Å². The van der Waals surface area contributed by atoms with Crippen LogP contribution >= 0.6 is 26.5 Å². The normalized spacial score (nSPS) is 12.3. The van der Waals surface area contributed by atoms with Gasteiger partial charge in [-0.3, -0.25) is 13.9 Å². The number of benzene rings is 2. The number of rotatable bonds is 8. The fraction of sp³-hybridized carbons (Fsp3) is 0.0952. The van der Waals surface area contributed by atoms with Crippen LogP contribution in [0.5, 0.6) is 0 Å². The highest BCUT2D eigenvalue weighted by molar-refractivity contribution is 7.71. The summed E-state index contributed by atoms with van der Waals surface area (Å²) in [4.78, 5) is 59.3. The predicted octanol–water partition coefficient (Wildman–Crippen LogP) is 3.83. The Bertz CT molecular complexity index is 1430. The molecule has 2 aromatic heterocycles. The number of fused-ring (bicyclic) bond motifs is 1. The van der Waals surface area contributed by atoms with Gasteiger partial charge in [0.2, 0.25) is 5.52 Å². The van der Waals surface area contributed by atoms with Gasteiger partial charge in [0.25, 0.3) is 0 Å². The largest absolute Gasteiger partial charge is 0.360 e. The summed E-state index contributed by atoms with van der Waals surface area (Å²) in [5.41, 5.74) is -0.214. The van der Waals surface area contributed by atoms with Gasteiger partial charge < -0.3 is 24.9 Å². The monoisotopic (exact) mass is 519 g/mol. The van der Waals surface area contributed by atoms with Gasteiger partial charge in [-0.15, -0.1) is 11.3 Å². The van der Waals surface area contributed by atoms with Gasteiger partial charge >= 0.3 is 15.2 Å². The van der Waals surface area contributed by atoms with Gasteiger partial charge in [0.1, 0.15) is 5.82 Å². The van der Waals surface area contributed by atoms with Gasteiger partial charge in [0.05, 0.1) is 10.2 Å². The Morgan fingerprint density at radius 1 is 0.941 bits per heavy atom. The first-order valence-electron chi connectivity index (χ1n) is 9.82. The first-order valence-corrected chi connectivity index (χ1v) is 14.1. The number of aromatic nitrogens is 2. The van der Waals surface area contributed by atoms with Crippen molar-refractivity contribution in [1.29, 1.82) is 0 Å². The number of Topliss-reactive ketones (excluding diaryl/α,β-unsaturated/α-hetero) is 1. The molecule has 4 aromatic rings. The minimum Gasteiger partial charge on any atom is -0.345 e. The first kappa shape index (κ1) is 24.4. The lowest BCUT2D eigenvalue weighted by molar-refractivity contribution is 0.0993. The molecule has 0 bridgehead atoms. The molecular weight excluding hydrogens is 500 g/mol. The SMILES string of the molecule is O=C(Cc1cccc(-c2nc(NC(P(=O)(O)O)P(=O)(O)O)c3sccc3n2)c1)c1ccccc1. The number of ketones is 1. The molecule has 5 N–H and O–H groups in total. The van der Waals surface area contributed by atoms with Crippen LogP contribution in [0.25, 0.3) is 21.6 Å². The third kappa shape index (κ3) is 5.48. The van der Waals surface area contributed by atoms with Crippen molar-refractivity contribution in [3.63, 3.8) is 0 Å². The van der Waals surface area contributed by atoms with E-state index in [0.717, 1.165) is 11.3 Å². The Morgan fingerprint density at radius 2 is 1.65 bits per heavy atom. The molecule has 0 saturated heterocycles. The quantitative estimate of drug-likeness (QED) is 0.170. The van der Waals surface area contributed by atoms with Crippen molar-refractivity contribution < 1.29 is 33.5 Å². The maximum atomic E-state index is 12.6. The fourth-order valence-corrected chi connectivity index (χ4v) is 6.24. The fourth-order valence-electron chi connectivity index (χ4n) is 3.31. The van der Waals surface area contributed by atoms with Crippen LogP contribution < -0.4 is 5.32 Å². The Kier molecular flexibility index (Phi) is 6.80. The zero-order chi connectivity index (χ0) is 24.5. The van der Waals surface area contributed by atoms with Crippen molar-refractivity contribution in [1.82, 2.24) is 9.97 Å². The number of thiophene rings is 1. The van der Waals surface area contributed by atoms with Crippen LogP contribution in [0.3, 0.4) is 0 Å². The van der Waals surface area contributed by atoms with E-state index in [0.29, 0.717) is 26.9 Å². The maximum Gasteiger partial charge on any atom is 0.360 e. The van der Waals surface area contributed by atoms with Gasteiger partial charge in [-0.2, -0.15) is 0 Å². The molecule has 2 heterocycles. The van der Waals surface area contributed by atoms with Gasteiger partial charge in [0.15, 0.2) is 11.6 Å². The Morgan fingerprint density at radius 3 is 2.32 bits per heavy atom. The van der Waals surface area contributed by atoms with Gasteiger partial charge in [-0.25, -0.2) is 9.97 Å². The zero-order valence-electron chi connectivity index (χ0n) is 17.3. The number of nitrogens with zero attached hydrogens (tertiary/aromatic N) is 2. The molecule has 0 radical (unpaired) electrons.